The van der Waals surface area contributed by atoms with Gasteiger partial charge in [0.2, 0.25) is 0 Å². The van der Waals surface area contributed by atoms with E-state index >= 15 is 0 Å². The van der Waals surface area contributed by atoms with Gasteiger partial charge in [-0.2, -0.15) is 0 Å². The molecule has 1 aromatic carbocycles. The quantitative estimate of drug-likeness (QED) is 0.610. The van der Waals surface area contributed by atoms with Crippen molar-refractivity contribution in [3.8, 4) is 0 Å². The number of benzene rings is 1. The van der Waals surface area contributed by atoms with Gasteiger partial charge in [-0.25, -0.2) is 4.79 Å². The number of carbonyl (C=O) groups excluding carboxylic acids is 1. The van der Waals surface area contributed by atoms with Crippen LogP contribution in [0.5, 0.6) is 0 Å². The Kier molecular flexibility index (Phi) is 5.53. The fourth-order valence-electron chi connectivity index (χ4n) is 1.39. The summed E-state index contributed by atoms with van der Waals surface area (Å²) in [6.07, 6.45) is 2.12. The van der Waals surface area contributed by atoms with Crippen molar-refractivity contribution in [2.45, 2.75) is 31.5 Å². The molecular weight excluding hydrogens is 268 g/mol. The molecule has 0 saturated heterocycles. The highest BCUT2D eigenvalue weighted by Crippen LogP contribution is 2.12. The van der Waals surface area contributed by atoms with E-state index in [4.69, 9.17) is 4.74 Å². The van der Waals surface area contributed by atoms with Gasteiger partial charge < -0.3 is 4.74 Å². The zero-order valence-corrected chi connectivity index (χ0v) is 11.3. The molecular formula is C13H17BrO2. The molecule has 0 radical (unpaired) electrons. The largest absolute Gasteiger partial charge is 0.462 e. The third kappa shape index (κ3) is 4.35. The van der Waals surface area contributed by atoms with E-state index in [0.717, 1.165) is 12.8 Å². The smallest absolute Gasteiger partial charge is 0.338 e. The van der Waals surface area contributed by atoms with E-state index in [2.05, 4.69) is 22.9 Å². The molecule has 0 N–H and O–H groups in total. The van der Waals surface area contributed by atoms with Gasteiger partial charge >= 0.3 is 5.97 Å². The minimum atomic E-state index is -0.247. The third-order valence-electron chi connectivity index (χ3n) is 2.30. The number of esters is 1. The van der Waals surface area contributed by atoms with Crippen molar-refractivity contribution >= 4 is 21.9 Å². The first-order valence-corrected chi connectivity index (χ1v) is 6.45. The Hall–Kier alpha value is -0.830. The maximum absolute atomic E-state index is 11.4. The molecule has 0 aromatic heterocycles. The summed E-state index contributed by atoms with van der Waals surface area (Å²) in [6.45, 7) is 4.36. The number of alkyl halides is 1. The van der Waals surface area contributed by atoms with Crippen LogP contribution in [0.15, 0.2) is 24.3 Å². The molecule has 0 aliphatic carbocycles. The number of carbonyl (C=O) groups is 1. The lowest BCUT2D eigenvalue weighted by atomic mass is 10.1. The number of ether oxygens (including phenoxy) is 1. The molecule has 0 heterocycles. The van der Waals surface area contributed by atoms with E-state index in [9.17, 15) is 4.79 Å². The highest BCUT2D eigenvalue weighted by Gasteiger charge is 2.05. The van der Waals surface area contributed by atoms with Gasteiger partial charge in [0.15, 0.2) is 0 Å². The van der Waals surface area contributed by atoms with E-state index in [1.54, 1.807) is 0 Å². The van der Waals surface area contributed by atoms with Gasteiger partial charge in [0.25, 0.3) is 0 Å². The van der Waals surface area contributed by atoms with E-state index in [-0.39, 0.29) is 5.97 Å². The van der Waals surface area contributed by atoms with E-state index < -0.39 is 0 Å². The minimum absolute atomic E-state index is 0.247. The lowest BCUT2D eigenvalue weighted by Crippen LogP contribution is -2.04. The highest BCUT2D eigenvalue weighted by atomic mass is 79.9. The molecule has 1 atom stereocenters. The van der Waals surface area contributed by atoms with Crippen LogP contribution in [-0.4, -0.2) is 17.4 Å². The van der Waals surface area contributed by atoms with Crippen LogP contribution in [0.1, 0.15) is 36.2 Å². The second-order valence-electron chi connectivity index (χ2n) is 3.74. The molecule has 0 aliphatic rings. The van der Waals surface area contributed by atoms with Gasteiger partial charge in [-0.15, -0.1) is 0 Å². The van der Waals surface area contributed by atoms with Crippen LogP contribution < -0.4 is 0 Å². The molecule has 0 aliphatic heterocycles. The van der Waals surface area contributed by atoms with Gasteiger partial charge in [-0.05, 0) is 37.5 Å². The van der Waals surface area contributed by atoms with Crippen molar-refractivity contribution in [2.75, 3.05) is 6.61 Å². The summed E-state index contributed by atoms with van der Waals surface area (Å²) in [7, 11) is 0. The van der Waals surface area contributed by atoms with Gasteiger partial charge in [-0.3, -0.25) is 0 Å². The van der Waals surface area contributed by atoms with E-state index in [0.29, 0.717) is 17.0 Å². The predicted octanol–water partition coefficient (Wildman–Crippen LogP) is 3.58. The topological polar surface area (TPSA) is 26.3 Å². The molecule has 88 valence electrons. The van der Waals surface area contributed by atoms with Gasteiger partial charge in [-0.1, -0.05) is 35.0 Å². The van der Waals surface area contributed by atoms with Crippen LogP contribution in [0.25, 0.3) is 0 Å². The SMILES string of the molecule is CCOC(=O)c1ccc(CCC(C)Br)cc1. The number of hydrogen-bond donors (Lipinski definition) is 0. The molecule has 0 bridgehead atoms. The summed E-state index contributed by atoms with van der Waals surface area (Å²) in [5, 5.41) is 0. The minimum Gasteiger partial charge on any atom is -0.462 e. The Morgan fingerprint density at radius 2 is 2.00 bits per heavy atom. The van der Waals surface area contributed by atoms with Gasteiger partial charge in [0, 0.05) is 4.83 Å². The number of hydrogen-bond acceptors (Lipinski definition) is 2. The molecule has 0 amide bonds. The molecule has 1 unspecified atom stereocenters. The molecule has 16 heavy (non-hydrogen) atoms. The maximum Gasteiger partial charge on any atom is 0.338 e. The first-order chi connectivity index (χ1) is 7.63. The Morgan fingerprint density at radius 3 is 2.50 bits per heavy atom. The normalized spacial score (nSPS) is 12.2. The van der Waals surface area contributed by atoms with Gasteiger partial charge in [0.05, 0.1) is 12.2 Å². The third-order valence-corrected chi connectivity index (χ3v) is 2.75. The molecule has 0 spiro atoms. The highest BCUT2D eigenvalue weighted by molar-refractivity contribution is 9.09. The molecule has 0 saturated carbocycles. The van der Waals surface area contributed by atoms with E-state index in [1.165, 1.54) is 5.56 Å². The van der Waals surface area contributed by atoms with Crippen molar-refractivity contribution in [3.05, 3.63) is 35.4 Å². The summed E-state index contributed by atoms with van der Waals surface area (Å²) >= 11 is 3.52. The van der Waals surface area contributed by atoms with Crippen molar-refractivity contribution in [2.24, 2.45) is 0 Å². The average molecular weight is 285 g/mol. The predicted molar refractivity (Wildman–Crippen MR) is 69.1 cm³/mol. The summed E-state index contributed by atoms with van der Waals surface area (Å²) in [6, 6.07) is 7.63. The van der Waals surface area contributed by atoms with Crippen molar-refractivity contribution in [1.29, 1.82) is 0 Å². The van der Waals surface area contributed by atoms with Crippen LogP contribution in [0, 0.1) is 0 Å². The molecule has 1 rings (SSSR count). The van der Waals surface area contributed by atoms with Crippen molar-refractivity contribution in [1.82, 2.24) is 0 Å². The summed E-state index contributed by atoms with van der Waals surface area (Å²) in [5.41, 5.74) is 1.87. The van der Waals surface area contributed by atoms with Crippen LogP contribution in [0.4, 0.5) is 0 Å². The second kappa shape index (κ2) is 6.69. The van der Waals surface area contributed by atoms with Crippen LogP contribution >= 0.6 is 15.9 Å². The zero-order chi connectivity index (χ0) is 12.0. The first-order valence-electron chi connectivity index (χ1n) is 5.53. The van der Waals surface area contributed by atoms with E-state index in [1.807, 2.05) is 31.2 Å². The molecule has 2 nitrogen and oxygen atoms in total. The molecule has 3 heteroatoms. The summed E-state index contributed by atoms with van der Waals surface area (Å²) < 4.78 is 4.92. The van der Waals surface area contributed by atoms with Crippen LogP contribution in [-0.2, 0) is 11.2 Å². The second-order valence-corrected chi connectivity index (χ2v) is 5.30. The standard InChI is InChI=1S/C13H17BrO2/c1-3-16-13(15)12-8-6-11(7-9-12)5-4-10(2)14/h6-10H,3-5H2,1-2H3. The maximum atomic E-state index is 11.4. The van der Waals surface area contributed by atoms with Crippen LogP contribution in [0.2, 0.25) is 0 Å². The molecule has 0 fully saturated rings. The fraction of sp³-hybridized carbons (Fsp3) is 0.462. The van der Waals surface area contributed by atoms with Crippen LogP contribution in [0.3, 0.4) is 0 Å². The summed E-state index contributed by atoms with van der Waals surface area (Å²) in [4.78, 5) is 11.9. The van der Waals surface area contributed by atoms with Crippen molar-refractivity contribution < 1.29 is 9.53 Å². The lowest BCUT2D eigenvalue weighted by Gasteiger charge is -2.05. The molecule has 1 aromatic rings. The fourth-order valence-corrected chi connectivity index (χ4v) is 1.62. The average Bonchev–Trinajstić information content (AvgIpc) is 2.27. The lowest BCUT2D eigenvalue weighted by molar-refractivity contribution is 0.0526. The Morgan fingerprint density at radius 1 is 1.38 bits per heavy atom. The van der Waals surface area contributed by atoms with Gasteiger partial charge in [0.1, 0.15) is 0 Å². The number of rotatable bonds is 5. The Bertz CT molecular complexity index is 330. The number of aryl methyl sites for hydroxylation is 1. The number of halogens is 1. The monoisotopic (exact) mass is 284 g/mol. The Labute approximate surface area is 105 Å². The first kappa shape index (κ1) is 13.2. The van der Waals surface area contributed by atoms with Crippen molar-refractivity contribution in [3.63, 3.8) is 0 Å². The Balaban J connectivity index is 2.57. The summed E-state index contributed by atoms with van der Waals surface area (Å²) in [5.74, 6) is -0.247. The zero-order valence-electron chi connectivity index (χ0n) is 9.70.